The fraction of sp³-hybridized carbons (Fsp3) is 0.409. The van der Waals surface area contributed by atoms with Crippen LogP contribution in [0.1, 0.15) is 36.2 Å². The minimum absolute atomic E-state index is 0.0114. The van der Waals surface area contributed by atoms with Gasteiger partial charge in [0.2, 0.25) is 0 Å². The van der Waals surface area contributed by atoms with E-state index in [2.05, 4.69) is 36.9 Å². The number of aromatic nitrogens is 3. The van der Waals surface area contributed by atoms with Gasteiger partial charge in [0.05, 0.1) is 6.04 Å². The lowest BCUT2D eigenvalue weighted by atomic mass is 9.96. The van der Waals surface area contributed by atoms with Gasteiger partial charge in [-0.25, -0.2) is 4.79 Å². The van der Waals surface area contributed by atoms with Crippen LogP contribution in [-0.4, -0.2) is 64.2 Å². The number of nitrogens with one attached hydrogen (secondary N) is 1. The zero-order chi connectivity index (χ0) is 20.2. The molecule has 1 aromatic carbocycles. The van der Waals surface area contributed by atoms with E-state index in [-0.39, 0.29) is 12.1 Å². The van der Waals surface area contributed by atoms with Crippen molar-refractivity contribution in [3.05, 3.63) is 66.1 Å². The summed E-state index contributed by atoms with van der Waals surface area (Å²) in [5, 5.41) is 11.8. The van der Waals surface area contributed by atoms with E-state index in [0.717, 1.165) is 37.4 Å². The number of likely N-dealkylation sites (tertiary alicyclic amines) is 1. The van der Waals surface area contributed by atoms with Gasteiger partial charge in [0, 0.05) is 31.7 Å². The molecule has 2 aromatic heterocycles. The highest BCUT2D eigenvalue weighted by Gasteiger charge is 2.27. The number of pyridine rings is 1. The van der Waals surface area contributed by atoms with Crippen LogP contribution in [0, 0.1) is 0 Å². The van der Waals surface area contributed by atoms with E-state index in [1.807, 2.05) is 61.6 Å². The second kappa shape index (κ2) is 8.61. The number of carbonyl (C=O) groups is 1. The van der Waals surface area contributed by atoms with Gasteiger partial charge in [0.25, 0.3) is 0 Å². The number of fused-ring (bicyclic) bond motifs is 1. The van der Waals surface area contributed by atoms with E-state index in [1.54, 1.807) is 0 Å². The van der Waals surface area contributed by atoms with Crippen molar-refractivity contribution in [2.75, 3.05) is 33.7 Å². The second-order valence-corrected chi connectivity index (χ2v) is 7.82. The molecule has 0 aliphatic carbocycles. The third-order valence-corrected chi connectivity index (χ3v) is 5.74. The van der Waals surface area contributed by atoms with Crippen LogP contribution in [-0.2, 0) is 0 Å². The average molecular weight is 393 g/mol. The highest BCUT2D eigenvalue weighted by molar-refractivity contribution is 5.74. The average Bonchev–Trinajstić information content (AvgIpc) is 3.18. The fourth-order valence-electron chi connectivity index (χ4n) is 4.05. The molecule has 1 fully saturated rings. The predicted molar refractivity (Wildman–Crippen MR) is 113 cm³/mol. The molecule has 152 valence electrons. The van der Waals surface area contributed by atoms with Gasteiger partial charge >= 0.3 is 6.03 Å². The molecule has 7 nitrogen and oxygen atoms in total. The Balaban J connectivity index is 1.33. The van der Waals surface area contributed by atoms with Crippen molar-refractivity contribution >= 4 is 11.7 Å². The lowest BCUT2D eigenvalue weighted by molar-refractivity contribution is 0.176. The summed E-state index contributed by atoms with van der Waals surface area (Å²) in [6.07, 6.45) is 3.81. The van der Waals surface area contributed by atoms with Crippen LogP contribution >= 0.6 is 0 Å². The molecule has 1 saturated heterocycles. The third-order valence-electron chi connectivity index (χ3n) is 5.74. The Morgan fingerprint density at radius 1 is 1.10 bits per heavy atom. The maximum Gasteiger partial charge on any atom is 0.317 e. The minimum Gasteiger partial charge on any atom is -0.336 e. The van der Waals surface area contributed by atoms with Crippen LogP contribution in [0.25, 0.3) is 5.65 Å². The van der Waals surface area contributed by atoms with Gasteiger partial charge in [0.1, 0.15) is 5.82 Å². The molecule has 3 heterocycles. The number of hydrogen-bond donors (Lipinski definition) is 1. The fourth-order valence-corrected chi connectivity index (χ4v) is 4.05. The number of piperidine rings is 1. The standard InChI is InChI=1S/C22H28N6O/c1-26(2)19(17-8-4-3-5-9-17)16-23-22(29)27-14-11-18(12-15-27)21-25-24-20-10-6-7-13-28(20)21/h3-10,13,18-19H,11-12,14-16H2,1-2H3,(H,23,29). The lowest BCUT2D eigenvalue weighted by Crippen LogP contribution is -2.46. The molecule has 4 rings (SSSR count). The monoisotopic (exact) mass is 392 g/mol. The first-order chi connectivity index (χ1) is 14.1. The topological polar surface area (TPSA) is 65.8 Å². The van der Waals surface area contributed by atoms with Crippen molar-refractivity contribution in [3.63, 3.8) is 0 Å². The Kier molecular flexibility index (Phi) is 5.76. The first kappa shape index (κ1) is 19.4. The Labute approximate surface area is 171 Å². The third kappa shape index (κ3) is 4.24. The van der Waals surface area contributed by atoms with Gasteiger partial charge in [0.15, 0.2) is 5.65 Å². The summed E-state index contributed by atoms with van der Waals surface area (Å²) in [4.78, 5) is 16.8. The quantitative estimate of drug-likeness (QED) is 0.725. The molecule has 0 bridgehead atoms. The SMILES string of the molecule is CN(C)C(CNC(=O)N1CCC(c2nnc3ccccn23)CC1)c1ccccc1. The van der Waals surface area contributed by atoms with Crippen LogP contribution in [0.4, 0.5) is 4.79 Å². The number of amides is 2. The molecule has 0 radical (unpaired) electrons. The molecule has 1 N–H and O–H groups in total. The van der Waals surface area contributed by atoms with Gasteiger partial charge in [-0.3, -0.25) is 4.40 Å². The molecule has 29 heavy (non-hydrogen) atoms. The highest BCUT2D eigenvalue weighted by atomic mass is 16.2. The summed E-state index contributed by atoms with van der Waals surface area (Å²) in [5.74, 6) is 1.33. The normalized spacial score (nSPS) is 16.3. The van der Waals surface area contributed by atoms with Crippen LogP contribution in [0.3, 0.4) is 0 Å². The first-order valence-corrected chi connectivity index (χ1v) is 10.2. The number of nitrogens with zero attached hydrogens (tertiary/aromatic N) is 5. The molecule has 1 atom stereocenters. The molecule has 0 spiro atoms. The van der Waals surface area contributed by atoms with E-state index in [1.165, 1.54) is 5.56 Å². The Bertz CT molecular complexity index is 946. The molecular formula is C22H28N6O. The van der Waals surface area contributed by atoms with Crippen LogP contribution in [0.2, 0.25) is 0 Å². The Morgan fingerprint density at radius 3 is 2.55 bits per heavy atom. The van der Waals surface area contributed by atoms with Crippen LogP contribution < -0.4 is 5.32 Å². The minimum atomic E-state index is 0.0114. The molecule has 1 aliphatic heterocycles. The van der Waals surface area contributed by atoms with Gasteiger partial charge < -0.3 is 15.1 Å². The van der Waals surface area contributed by atoms with E-state index < -0.39 is 0 Å². The number of urea groups is 1. The van der Waals surface area contributed by atoms with E-state index in [4.69, 9.17) is 0 Å². The number of likely N-dealkylation sites (N-methyl/N-ethyl adjacent to an activating group) is 1. The summed E-state index contributed by atoms with van der Waals surface area (Å²) in [6.45, 7) is 2.05. The summed E-state index contributed by atoms with van der Waals surface area (Å²) < 4.78 is 2.06. The van der Waals surface area contributed by atoms with E-state index in [9.17, 15) is 4.79 Å². The summed E-state index contributed by atoms with van der Waals surface area (Å²) in [6, 6.07) is 16.4. The highest BCUT2D eigenvalue weighted by Crippen LogP contribution is 2.27. The maximum absolute atomic E-state index is 12.7. The molecule has 2 amide bonds. The van der Waals surface area contributed by atoms with Crippen molar-refractivity contribution < 1.29 is 4.79 Å². The van der Waals surface area contributed by atoms with Crippen molar-refractivity contribution in [3.8, 4) is 0 Å². The Hall–Kier alpha value is -2.93. The zero-order valence-electron chi connectivity index (χ0n) is 17.0. The number of rotatable bonds is 5. The van der Waals surface area contributed by atoms with Crippen molar-refractivity contribution in [1.82, 2.24) is 29.7 Å². The maximum atomic E-state index is 12.7. The predicted octanol–water partition coefficient (Wildman–Crippen LogP) is 2.92. The summed E-state index contributed by atoms with van der Waals surface area (Å²) in [7, 11) is 4.08. The first-order valence-electron chi connectivity index (χ1n) is 10.2. The van der Waals surface area contributed by atoms with Crippen molar-refractivity contribution in [2.45, 2.75) is 24.8 Å². The molecule has 7 heteroatoms. The van der Waals surface area contributed by atoms with Crippen molar-refractivity contribution in [2.24, 2.45) is 0 Å². The lowest BCUT2D eigenvalue weighted by Gasteiger charge is -2.32. The van der Waals surface area contributed by atoms with Crippen molar-refractivity contribution in [1.29, 1.82) is 0 Å². The van der Waals surface area contributed by atoms with Gasteiger partial charge in [-0.15, -0.1) is 10.2 Å². The number of hydrogen-bond acceptors (Lipinski definition) is 4. The van der Waals surface area contributed by atoms with Crippen LogP contribution in [0.5, 0.6) is 0 Å². The molecular weight excluding hydrogens is 364 g/mol. The zero-order valence-corrected chi connectivity index (χ0v) is 17.0. The number of benzene rings is 1. The smallest absolute Gasteiger partial charge is 0.317 e. The Morgan fingerprint density at radius 2 is 1.83 bits per heavy atom. The van der Waals surface area contributed by atoms with Crippen LogP contribution in [0.15, 0.2) is 54.7 Å². The van der Waals surface area contributed by atoms with Gasteiger partial charge in [-0.1, -0.05) is 36.4 Å². The molecule has 3 aromatic rings. The summed E-state index contributed by atoms with van der Waals surface area (Å²) >= 11 is 0. The largest absolute Gasteiger partial charge is 0.336 e. The van der Waals surface area contributed by atoms with Gasteiger partial charge in [-0.05, 0) is 44.6 Å². The summed E-state index contributed by atoms with van der Waals surface area (Å²) in [5.41, 5.74) is 2.08. The molecule has 0 saturated carbocycles. The molecule has 1 unspecified atom stereocenters. The van der Waals surface area contributed by atoms with Gasteiger partial charge in [-0.2, -0.15) is 0 Å². The molecule has 1 aliphatic rings. The van der Waals surface area contributed by atoms with E-state index in [0.29, 0.717) is 12.5 Å². The number of carbonyl (C=O) groups excluding carboxylic acids is 1. The second-order valence-electron chi connectivity index (χ2n) is 7.82. The van der Waals surface area contributed by atoms with E-state index >= 15 is 0 Å².